The van der Waals surface area contributed by atoms with E-state index in [1.807, 2.05) is 47.6 Å². The van der Waals surface area contributed by atoms with Gasteiger partial charge in [0.15, 0.2) is 0 Å². The van der Waals surface area contributed by atoms with E-state index in [0.717, 1.165) is 28.7 Å². The summed E-state index contributed by atoms with van der Waals surface area (Å²) in [6, 6.07) is 7.14. The highest BCUT2D eigenvalue weighted by atomic mass is 32.2. The normalized spacial score (nSPS) is 15.8. The molecule has 1 heterocycles. The molecule has 0 spiro atoms. The van der Waals surface area contributed by atoms with E-state index in [0.29, 0.717) is 34.5 Å². The molecule has 1 aliphatic rings. The molecule has 0 aromatic heterocycles. The first-order chi connectivity index (χ1) is 15.2. The van der Waals surface area contributed by atoms with E-state index >= 15 is 0 Å². The van der Waals surface area contributed by atoms with E-state index in [4.69, 9.17) is 4.74 Å². The molecule has 6 nitrogen and oxygen atoms in total. The van der Waals surface area contributed by atoms with Gasteiger partial charge in [-0.1, -0.05) is 19.9 Å². The van der Waals surface area contributed by atoms with Crippen molar-refractivity contribution in [2.75, 3.05) is 22.8 Å². The Morgan fingerprint density at radius 1 is 1.06 bits per heavy atom. The van der Waals surface area contributed by atoms with Gasteiger partial charge in [-0.2, -0.15) is 0 Å². The molecule has 0 atom stereocenters. The molecule has 0 radical (unpaired) electrons. The number of aryl methyl sites for hydroxylation is 2. The van der Waals surface area contributed by atoms with Gasteiger partial charge in [0.25, 0.3) is 10.0 Å². The number of rotatable bonds is 6. The van der Waals surface area contributed by atoms with Crippen LogP contribution in [0.25, 0.3) is 0 Å². The molecule has 0 aliphatic carbocycles. The van der Waals surface area contributed by atoms with Crippen molar-refractivity contribution in [1.29, 1.82) is 0 Å². The molecule has 7 heteroatoms. The van der Waals surface area contributed by atoms with Crippen LogP contribution < -0.4 is 14.4 Å². The van der Waals surface area contributed by atoms with Gasteiger partial charge in [-0.3, -0.25) is 9.52 Å². The molecule has 1 N–H and O–H groups in total. The van der Waals surface area contributed by atoms with Crippen LogP contribution in [0.1, 0.15) is 56.4 Å². The Labute approximate surface area is 198 Å². The molecule has 180 valence electrons. The maximum absolute atomic E-state index is 13.4. The van der Waals surface area contributed by atoms with Crippen LogP contribution >= 0.6 is 0 Å². The maximum Gasteiger partial charge on any atom is 0.262 e. The van der Waals surface area contributed by atoms with Gasteiger partial charge in [-0.15, -0.1) is 0 Å². The Bertz CT molecular complexity index is 1160. The van der Waals surface area contributed by atoms with Gasteiger partial charge < -0.3 is 9.64 Å². The van der Waals surface area contributed by atoms with Crippen molar-refractivity contribution in [3.8, 4) is 5.75 Å². The van der Waals surface area contributed by atoms with Crippen molar-refractivity contribution in [3.05, 3.63) is 46.5 Å². The summed E-state index contributed by atoms with van der Waals surface area (Å²) in [5.41, 5.74) is 3.65. The van der Waals surface area contributed by atoms with Crippen molar-refractivity contribution in [1.82, 2.24) is 0 Å². The number of carbonyl (C=O) groups is 1. The number of ether oxygens (including phenoxy) is 1. The Balaban J connectivity index is 2.05. The lowest BCUT2D eigenvalue weighted by Gasteiger charge is -2.29. The van der Waals surface area contributed by atoms with Gasteiger partial charge in [0.2, 0.25) is 5.91 Å². The molecule has 1 aliphatic heterocycles. The van der Waals surface area contributed by atoms with Gasteiger partial charge >= 0.3 is 0 Å². The number of hydrogen-bond acceptors (Lipinski definition) is 4. The van der Waals surface area contributed by atoms with Crippen LogP contribution in [0.15, 0.2) is 29.2 Å². The Kier molecular flexibility index (Phi) is 6.85. The minimum Gasteiger partial charge on any atom is -0.490 e. The van der Waals surface area contributed by atoms with Crippen molar-refractivity contribution in [2.24, 2.45) is 11.3 Å². The molecule has 0 unspecified atom stereocenters. The molecule has 0 saturated carbocycles. The average molecular weight is 473 g/mol. The zero-order valence-electron chi connectivity index (χ0n) is 21.0. The quantitative estimate of drug-likeness (QED) is 0.601. The summed E-state index contributed by atoms with van der Waals surface area (Å²) in [5, 5.41) is 0. The van der Waals surface area contributed by atoms with Crippen molar-refractivity contribution in [3.63, 3.8) is 0 Å². The van der Waals surface area contributed by atoms with E-state index in [1.54, 1.807) is 23.1 Å². The van der Waals surface area contributed by atoms with Crippen LogP contribution in [0.3, 0.4) is 0 Å². The van der Waals surface area contributed by atoms with E-state index in [-0.39, 0.29) is 12.5 Å². The summed E-state index contributed by atoms with van der Waals surface area (Å²) in [6.45, 7) is 16.3. The van der Waals surface area contributed by atoms with Crippen LogP contribution in [0.2, 0.25) is 0 Å². The number of anilines is 2. The van der Waals surface area contributed by atoms with Crippen molar-refractivity contribution >= 4 is 27.3 Å². The number of hydrogen-bond donors (Lipinski definition) is 1. The first-order valence-corrected chi connectivity index (χ1v) is 12.9. The molecule has 1 amide bonds. The molecule has 3 rings (SSSR count). The number of amides is 1. The fraction of sp³-hybridized carbons (Fsp3) is 0.500. The second-order valence-corrected chi connectivity index (χ2v) is 11.8. The summed E-state index contributed by atoms with van der Waals surface area (Å²) in [7, 11) is -3.83. The smallest absolute Gasteiger partial charge is 0.262 e. The second kappa shape index (κ2) is 9.01. The van der Waals surface area contributed by atoms with Crippen LogP contribution in [0.5, 0.6) is 5.75 Å². The van der Waals surface area contributed by atoms with Crippen LogP contribution in [-0.4, -0.2) is 27.5 Å². The fourth-order valence-corrected chi connectivity index (χ4v) is 5.78. The Hall–Kier alpha value is -2.54. The van der Waals surface area contributed by atoms with Gasteiger partial charge in [-0.25, -0.2) is 8.42 Å². The maximum atomic E-state index is 13.4. The Morgan fingerprint density at radius 2 is 1.67 bits per heavy atom. The lowest BCUT2D eigenvalue weighted by Crippen LogP contribution is -2.42. The third-order valence-corrected chi connectivity index (χ3v) is 8.06. The van der Waals surface area contributed by atoms with Gasteiger partial charge in [-0.05, 0) is 94.3 Å². The van der Waals surface area contributed by atoms with Gasteiger partial charge in [0.1, 0.15) is 12.4 Å². The van der Waals surface area contributed by atoms with Crippen LogP contribution in [0.4, 0.5) is 11.4 Å². The van der Waals surface area contributed by atoms with E-state index < -0.39 is 15.4 Å². The molecule has 2 aromatic rings. The second-order valence-electron chi connectivity index (χ2n) is 10.2. The minimum atomic E-state index is -3.83. The predicted molar refractivity (Wildman–Crippen MR) is 134 cm³/mol. The molecular formula is C26H36N2O4S. The highest BCUT2D eigenvalue weighted by Crippen LogP contribution is 2.39. The fourth-order valence-electron chi connectivity index (χ4n) is 4.11. The van der Waals surface area contributed by atoms with Crippen molar-refractivity contribution < 1.29 is 17.9 Å². The first-order valence-electron chi connectivity index (χ1n) is 11.4. The summed E-state index contributed by atoms with van der Waals surface area (Å²) < 4.78 is 35.6. The lowest BCUT2D eigenvalue weighted by molar-refractivity contribution is -0.127. The molecule has 0 fully saturated rings. The standard InChI is InChI=1S/C26H36N2O4S/c1-16(2)11-12-28-22-14-21(9-10-23(22)32-15-26(7,8)25(28)29)27-33(30,31)24-19(5)17(3)13-18(4)20(24)6/h9-10,13-14,16,27H,11-12,15H2,1-8H3. The van der Waals surface area contributed by atoms with Gasteiger partial charge in [0, 0.05) is 6.54 Å². The van der Waals surface area contributed by atoms with Crippen LogP contribution in [0, 0.1) is 39.0 Å². The highest BCUT2D eigenvalue weighted by Gasteiger charge is 2.38. The monoisotopic (exact) mass is 472 g/mol. The number of sulfonamides is 1. The highest BCUT2D eigenvalue weighted by molar-refractivity contribution is 7.92. The number of carbonyl (C=O) groups excluding carboxylic acids is 1. The summed E-state index contributed by atoms with van der Waals surface area (Å²) in [5.74, 6) is 0.980. The third kappa shape index (κ3) is 5.03. The van der Waals surface area contributed by atoms with E-state index in [9.17, 15) is 13.2 Å². The van der Waals surface area contributed by atoms with Gasteiger partial charge in [0.05, 0.1) is 21.7 Å². The zero-order valence-corrected chi connectivity index (χ0v) is 21.8. The molecule has 0 saturated heterocycles. The van der Waals surface area contributed by atoms with Crippen LogP contribution in [-0.2, 0) is 14.8 Å². The number of nitrogens with zero attached hydrogens (tertiary/aromatic N) is 1. The van der Waals surface area contributed by atoms with E-state index in [2.05, 4.69) is 18.6 Å². The van der Waals surface area contributed by atoms with Crippen molar-refractivity contribution in [2.45, 2.75) is 66.7 Å². The summed E-state index contributed by atoms with van der Waals surface area (Å²) >= 11 is 0. The van der Waals surface area contributed by atoms with E-state index in [1.165, 1.54) is 0 Å². The average Bonchev–Trinajstić information content (AvgIpc) is 2.79. The molecule has 0 bridgehead atoms. The first kappa shape index (κ1) is 25.1. The Morgan fingerprint density at radius 3 is 2.24 bits per heavy atom. The largest absolute Gasteiger partial charge is 0.490 e. The molecule has 2 aromatic carbocycles. The summed E-state index contributed by atoms with van der Waals surface area (Å²) in [4.78, 5) is 15.4. The lowest BCUT2D eigenvalue weighted by atomic mass is 9.92. The summed E-state index contributed by atoms with van der Waals surface area (Å²) in [6.07, 6.45) is 0.832. The number of benzene rings is 2. The predicted octanol–water partition coefficient (Wildman–Crippen LogP) is 5.52. The number of nitrogens with one attached hydrogen (secondary N) is 1. The topological polar surface area (TPSA) is 75.7 Å². The number of fused-ring (bicyclic) bond motifs is 1. The SMILES string of the molecule is Cc1cc(C)c(C)c(S(=O)(=O)Nc2ccc3c(c2)N(CCC(C)C)C(=O)C(C)(C)CO3)c1C. The zero-order chi connectivity index (χ0) is 24.7. The minimum absolute atomic E-state index is 0.0251. The third-order valence-electron chi connectivity index (χ3n) is 6.41. The molecular weight excluding hydrogens is 436 g/mol. The molecule has 33 heavy (non-hydrogen) atoms.